The molecule has 0 radical (unpaired) electrons. The van der Waals surface area contributed by atoms with Gasteiger partial charge in [-0.2, -0.15) is 0 Å². The molecule has 178 valence electrons. The maximum Gasteiger partial charge on any atom is 0.271 e. The Hall–Kier alpha value is -3.83. The van der Waals surface area contributed by atoms with Gasteiger partial charge in [0.25, 0.3) is 11.6 Å². The molecular formula is C24H17BrFN3O6. The Balaban J connectivity index is 1.61. The van der Waals surface area contributed by atoms with Crippen LogP contribution in [0.2, 0.25) is 0 Å². The van der Waals surface area contributed by atoms with Gasteiger partial charge >= 0.3 is 0 Å². The molecule has 2 aliphatic rings. The van der Waals surface area contributed by atoms with Crippen LogP contribution in [-0.2, 0) is 14.4 Å². The van der Waals surface area contributed by atoms with Crippen LogP contribution in [0.1, 0.15) is 11.6 Å². The summed E-state index contributed by atoms with van der Waals surface area (Å²) in [6.07, 6.45) is -1.17. The molecule has 2 heterocycles. The van der Waals surface area contributed by atoms with Crippen molar-refractivity contribution in [1.82, 2.24) is 0 Å². The van der Waals surface area contributed by atoms with Gasteiger partial charge in [0.1, 0.15) is 17.5 Å². The summed E-state index contributed by atoms with van der Waals surface area (Å²) in [5.41, 5.74) is 1.01. The van der Waals surface area contributed by atoms with Gasteiger partial charge in [-0.05, 0) is 64.0 Å². The van der Waals surface area contributed by atoms with Crippen LogP contribution < -0.4 is 14.7 Å². The number of ether oxygens (including phenoxy) is 1. The maximum absolute atomic E-state index is 13.6. The Labute approximate surface area is 206 Å². The number of rotatable bonds is 5. The van der Waals surface area contributed by atoms with E-state index in [0.717, 1.165) is 4.90 Å². The molecule has 3 unspecified atom stereocenters. The molecule has 2 aliphatic heterocycles. The number of amides is 2. The SMILES string of the molecule is COc1ccc(C2C3C(=O)N(c4ccc(F)cc4)C(=O)C3ON2c2cccc([N+](=O)[O-])c2)cc1Br. The van der Waals surface area contributed by atoms with Crippen molar-refractivity contribution in [3.8, 4) is 5.75 Å². The van der Waals surface area contributed by atoms with E-state index < -0.39 is 40.6 Å². The molecule has 3 aromatic carbocycles. The maximum atomic E-state index is 13.6. The van der Waals surface area contributed by atoms with Crippen LogP contribution >= 0.6 is 15.9 Å². The van der Waals surface area contributed by atoms with Crippen LogP contribution in [0, 0.1) is 21.8 Å². The lowest BCUT2D eigenvalue weighted by atomic mass is 9.90. The largest absolute Gasteiger partial charge is 0.496 e. The summed E-state index contributed by atoms with van der Waals surface area (Å²) in [6, 6.07) is 15.2. The van der Waals surface area contributed by atoms with Gasteiger partial charge in [-0.15, -0.1) is 0 Å². The van der Waals surface area contributed by atoms with Crippen LogP contribution in [0.25, 0.3) is 0 Å². The summed E-state index contributed by atoms with van der Waals surface area (Å²) in [7, 11) is 1.52. The Morgan fingerprint density at radius 1 is 1.03 bits per heavy atom. The molecular weight excluding hydrogens is 525 g/mol. The first-order valence-electron chi connectivity index (χ1n) is 10.5. The van der Waals surface area contributed by atoms with Crippen molar-refractivity contribution in [2.75, 3.05) is 17.1 Å². The van der Waals surface area contributed by atoms with Crippen molar-refractivity contribution in [1.29, 1.82) is 0 Å². The fourth-order valence-corrected chi connectivity index (χ4v) is 4.99. The number of hydrogen-bond donors (Lipinski definition) is 0. The normalized spacial score (nSPS) is 21.4. The second kappa shape index (κ2) is 8.75. The first-order valence-corrected chi connectivity index (χ1v) is 11.3. The topological polar surface area (TPSA) is 102 Å². The molecule has 5 rings (SSSR count). The molecule has 0 spiro atoms. The zero-order valence-electron chi connectivity index (χ0n) is 18.1. The van der Waals surface area contributed by atoms with E-state index in [0.29, 0.717) is 21.5 Å². The van der Waals surface area contributed by atoms with E-state index in [2.05, 4.69) is 15.9 Å². The number of carbonyl (C=O) groups excluding carboxylic acids is 2. The third-order valence-electron chi connectivity index (χ3n) is 6.01. The van der Waals surface area contributed by atoms with Crippen molar-refractivity contribution in [2.45, 2.75) is 12.1 Å². The van der Waals surface area contributed by atoms with Crippen molar-refractivity contribution < 1.29 is 28.5 Å². The Bertz CT molecular complexity index is 1350. The minimum absolute atomic E-state index is 0.164. The smallest absolute Gasteiger partial charge is 0.271 e. The lowest BCUT2D eigenvalue weighted by Crippen LogP contribution is -2.37. The van der Waals surface area contributed by atoms with Crippen molar-refractivity contribution in [2.24, 2.45) is 5.92 Å². The minimum atomic E-state index is -1.17. The summed E-state index contributed by atoms with van der Waals surface area (Å²) in [5, 5.41) is 12.7. The number of carbonyl (C=O) groups is 2. The first kappa shape index (κ1) is 22.9. The van der Waals surface area contributed by atoms with E-state index in [1.807, 2.05) is 0 Å². The number of hydrogen-bond acceptors (Lipinski definition) is 7. The molecule has 0 aliphatic carbocycles. The molecule has 3 aromatic rings. The van der Waals surface area contributed by atoms with Gasteiger partial charge in [0.2, 0.25) is 5.91 Å². The molecule has 35 heavy (non-hydrogen) atoms. The van der Waals surface area contributed by atoms with Crippen LogP contribution in [0.3, 0.4) is 0 Å². The van der Waals surface area contributed by atoms with E-state index in [4.69, 9.17) is 9.57 Å². The zero-order valence-corrected chi connectivity index (χ0v) is 19.7. The molecule has 2 amide bonds. The molecule has 0 aromatic heterocycles. The average Bonchev–Trinajstić information content (AvgIpc) is 3.36. The number of nitro groups is 1. The lowest BCUT2D eigenvalue weighted by molar-refractivity contribution is -0.384. The number of methoxy groups -OCH3 is 1. The summed E-state index contributed by atoms with van der Waals surface area (Å²) in [5.74, 6) is -2.00. The average molecular weight is 542 g/mol. The van der Waals surface area contributed by atoms with Crippen molar-refractivity contribution in [3.05, 3.63) is 92.7 Å². The van der Waals surface area contributed by atoms with Crippen molar-refractivity contribution in [3.63, 3.8) is 0 Å². The highest BCUT2D eigenvalue weighted by Gasteiger charge is 2.60. The van der Waals surface area contributed by atoms with Crippen LogP contribution in [0.5, 0.6) is 5.75 Å². The fraction of sp³-hybridized carbons (Fsp3) is 0.167. The highest BCUT2D eigenvalue weighted by atomic mass is 79.9. The molecule has 0 saturated carbocycles. The summed E-state index contributed by atoms with van der Waals surface area (Å²) >= 11 is 3.44. The minimum Gasteiger partial charge on any atom is -0.496 e. The van der Waals surface area contributed by atoms with Gasteiger partial charge in [-0.3, -0.25) is 24.5 Å². The third kappa shape index (κ3) is 3.82. The van der Waals surface area contributed by atoms with Gasteiger partial charge in [0.15, 0.2) is 6.10 Å². The summed E-state index contributed by atoms with van der Waals surface area (Å²) in [6.45, 7) is 0. The Morgan fingerprint density at radius 3 is 2.43 bits per heavy atom. The molecule has 0 N–H and O–H groups in total. The number of non-ortho nitro benzene ring substituents is 1. The summed E-state index contributed by atoms with van der Waals surface area (Å²) < 4.78 is 19.3. The molecule has 2 fully saturated rings. The quantitative estimate of drug-likeness (QED) is 0.265. The third-order valence-corrected chi connectivity index (χ3v) is 6.63. The summed E-state index contributed by atoms with van der Waals surface area (Å²) in [4.78, 5) is 44.7. The van der Waals surface area contributed by atoms with Crippen LogP contribution in [0.4, 0.5) is 21.5 Å². The molecule has 11 heteroatoms. The van der Waals surface area contributed by atoms with Gasteiger partial charge in [-0.25, -0.2) is 14.4 Å². The number of imide groups is 1. The predicted octanol–water partition coefficient (Wildman–Crippen LogP) is 4.56. The fourth-order valence-electron chi connectivity index (χ4n) is 4.43. The van der Waals surface area contributed by atoms with Gasteiger partial charge in [-0.1, -0.05) is 12.1 Å². The lowest BCUT2D eigenvalue weighted by Gasteiger charge is -2.29. The number of anilines is 2. The number of nitrogens with zero attached hydrogens (tertiary/aromatic N) is 3. The molecule has 0 bridgehead atoms. The highest BCUT2D eigenvalue weighted by molar-refractivity contribution is 9.10. The number of benzene rings is 3. The monoisotopic (exact) mass is 541 g/mol. The second-order valence-corrected chi connectivity index (χ2v) is 8.84. The number of halogens is 2. The standard InChI is InChI=1S/C24H17BrFN3O6/c1-34-19-10-5-13(11-18(19)25)21-20-22(35-28(21)16-3-2-4-17(12-16)29(32)33)24(31)27(23(20)30)15-8-6-14(26)7-9-15/h2-12,20-22H,1H3. The Morgan fingerprint density at radius 2 is 1.77 bits per heavy atom. The predicted molar refractivity (Wildman–Crippen MR) is 126 cm³/mol. The van der Waals surface area contributed by atoms with Crippen molar-refractivity contribution >= 4 is 44.8 Å². The second-order valence-electron chi connectivity index (χ2n) is 7.98. The highest BCUT2D eigenvalue weighted by Crippen LogP contribution is 2.48. The van der Waals surface area contributed by atoms with E-state index >= 15 is 0 Å². The van der Waals surface area contributed by atoms with E-state index in [1.165, 1.54) is 54.6 Å². The number of nitro benzene ring substituents is 1. The number of hydroxylamine groups is 1. The van der Waals surface area contributed by atoms with Crippen LogP contribution in [0.15, 0.2) is 71.2 Å². The molecule has 3 atom stereocenters. The molecule has 2 saturated heterocycles. The van der Waals surface area contributed by atoms with Crippen LogP contribution in [-0.4, -0.2) is 30.0 Å². The number of fused-ring (bicyclic) bond motifs is 1. The van der Waals surface area contributed by atoms with E-state index in [1.54, 1.807) is 24.3 Å². The molecule has 9 nitrogen and oxygen atoms in total. The van der Waals surface area contributed by atoms with Gasteiger partial charge < -0.3 is 4.74 Å². The zero-order chi connectivity index (χ0) is 24.9. The van der Waals surface area contributed by atoms with E-state index in [-0.39, 0.29) is 11.4 Å². The van der Waals surface area contributed by atoms with Gasteiger partial charge in [0, 0.05) is 12.1 Å². The Kier molecular flexibility index (Phi) is 5.73. The van der Waals surface area contributed by atoms with Gasteiger partial charge in [0.05, 0.1) is 33.9 Å². The first-order chi connectivity index (χ1) is 16.8. The van der Waals surface area contributed by atoms with E-state index in [9.17, 15) is 24.1 Å².